The minimum atomic E-state index is -1.18. The molecule has 0 aliphatic heterocycles. The summed E-state index contributed by atoms with van der Waals surface area (Å²) in [5, 5.41) is 18.3. The number of carbonyl (C=O) groups excluding carboxylic acids is 1. The molecule has 7 nitrogen and oxygen atoms in total. The summed E-state index contributed by atoms with van der Waals surface area (Å²) in [6.07, 6.45) is 1.20. The highest BCUT2D eigenvalue weighted by atomic mass is 16.4. The average Bonchev–Trinajstić information content (AvgIpc) is 2.78. The second-order valence-electron chi connectivity index (χ2n) is 3.52. The van der Waals surface area contributed by atoms with Crippen molar-refractivity contribution in [3.63, 3.8) is 0 Å². The van der Waals surface area contributed by atoms with Crippen LogP contribution in [0.4, 0.5) is 5.69 Å². The molecule has 0 fully saturated rings. The third-order valence-corrected chi connectivity index (χ3v) is 2.12. The van der Waals surface area contributed by atoms with Crippen LogP contribution in [-0.2, 0) is 11.3 Å². The third kappa shape index (κ3) is 2.91. The van der Waals surface area contributed by atoms with Crippen LogP contribution < -0.4 is 5.32 Å². The van der Waals surface area contributed by atoms with Gasteiger partial charge in [0.05, 0.1) is 6.20 Å². The number of rotatable bonds is 4. The molecular formula is C11H10N4O3. The van der Waals surface area contributed by atoms with Gasteiger partial charge in [-0.25, -0.2) is 9.48 Å². The number of benzene rings is 1. The maximum absolute atomic E-state index is 11.6. The van der Waals surface area contributed by atoms with E-state index in [1.54, 1.807) is 24.3 Å². The number of aromatic carboxylic acids is 1. The van der Waals surface area contributed by atoms with Crippen LogP contribution in [0.25, 0.3) is 0 Å². The highest BCUT2D eigenvalue weighted by Crippen LogP contribution is 2.04. The van der Waals surface area contributed by atoms with Gasteiger partial charge in [0.1, 0.15) is 6.54 Å². The molecule has 7 heteroatoms. The van der Waals surface area contributed by atoms with Gasteiger partial charge in [0, 0.05) is 5.69 Å². The van der Waals surface area contributed by atoms with E-state index in [2.05, 4.69) is 15.6 Å². The van der Waals surface area contributed by atoms with Gasteiger partial charge in [-0.15, -0.1) is 5.10 Å². The molecule has 1 heterocycles. The molecule has 0 radical (unpaired) electrons. The number of amides is 1. The van der Waals surface area contributed by atoms with E-state index in [9.17, 15) is 9.59 Å². The maximum Gasteiger partial charge on any atom is 0.358 e. The number of carboxylic acids is 1. The Morgan fingerprint density at radius 1 is 1.28 bits per heavy atom. The zero-order chi connectivity index (χ0) is 13.0. The first kappa shape index (κ1) is 11.8. The topological polar surface area (TPSA) is 97.1 Å². The van der Waals surface area contributed by atoms with Gasteiger partial charge in [0.15, 0.2) is 5.69 Å². The van der Waals surface area contributed by atoms with Gasteiger partial charge in [0.2, 0.25) is 5.91 Å². The summed E-state index contributed by atoms with van der Waals surface area (Å²) in [6, 6.07) is 8.94. The van der Waals surface area contributed by atoms with Gasteiger partial charge in [0.25, 0.3) is 0 Å². The number of anilines is 1. The molecule has 1 aromatic carbocycles. The summed E-state index contributed by atoms with van der Waals surface area (Å²) in [6.45, 7) is -0.0881. The van der Waals surface area contributed by atoms with E-state index in [0.717, 1.165) is 0 Å². The SMILES string of the molecule is O=C(Cn1cc(C(=O)O)nn1)Nc1ccccc1. The summed E-state index contributed by atoms with van der Waals surface area (Å²) < 4.78 is 1.17. The first-order valence-electron chi connectivity index (χ1n) is 5.13. The van der Waals surface area contributed by atoms with Crippen LogP contribution in [-0.4, -0.2) is 32.0 Å². The molecule has 2 aromatic rings. The second kappa shape index (κ2) is 5.09. The predicted molar refractivity (Wildman–Crippen MR) is 62.1 cm³/mol. The van der Waals surface area contributed by atoms with Gasteiger partial charge in [-0.3, -0.25) is 4.79 Å². The van der Waals surface area contributed by atoms with E-state index >= 15 is 0 Å². The first-order valence-corrected chi connectivity index (χ1v) is 5.13. The zero-order valence-electron chi connectivity index (χ0n) is 9.28. The van der Waals surface area contributed by atoms with Crippen molar-refractivity contribution in [2.75, 3.05) is 5.32 Å². The maximum atomic E-state index is 11.6. The van der Waals surface area contributed by atoms with Crippen molar-refractivity contribution in [1.29, 1.82) is 0 Å². The molecule has 92 valence electrons. The van der Waals surface area contributed by atoms with E-state index < -0.39 is 5.97 Å². The molecule has 2 rings (SSSR count). The molecular weight excluding hydrogens is 236 g/mol. The fourth-order valence-corrected chi connectivity index (χ4v) is 1.34. The number of para-hydroxylation sites is 1. The van der Waals surface area contributed by atoms with Gasteiger partial charge >= 0.3 is 5.97 Å². The lowest BCUT2D eigenvalue weighted by molar-refractivity contribution is -0.116. The van der Waals surface area contributed by atoms with E-state index in [4.69, 9.17) is 5.11 Å². The summed E-state index contributed by atoms with van der Waals surface area (Å²) in [4.78, 5) is 22.2. The molecule has 2 N–H and O–H groups in total. The van der Waals surface area contributed by atoms with Crippen molar-refractivity contribution in [1.82, 2.24) is 15.0 Å². The molecule has 0 aliphatic carbocycles. The monoisotopic (exact) mass is 246 g/mol. The van der Waals surface area contributed by atoms with Crippen molar-refractivity contribution in [3.05, 3.63) is 42.2 Å². The lowest BCUT2D eigenvalue weighted by Gasteiger charge is -2.03. The first-order chi connectivity index (χ1) is 8.65. The Kier molecular flexibility index (Phi) is 3.33. The number of carboxylic acid groups (broad SMARTS) is 1. The largest absolute Gasteiger partial charge is 0.476 e. The third-order valence-electron chi connectivity index (χ3n) is 2.12. The van der Waals surface area contributed by atoms with Crippen LogP contribution in [0.2, 0.25) is 0 Å². The Labute approximate surface area is 102 Å². The molecule has 1 amide bonds. The van der Waals surface area contributed by atoms with Crippen LogP contribution in [0.15, 0.2) is 36.5 Å². The smallest absolute Gasteiger partial charge is 0.358 e. The fourth-order valence-electron chi connectivity index (χ4n) is 1.34. The fraction of sp³-hybridized carbons (Fsp3) is 0.0909. The number of carbonyl (C=O) groups is 2. The highest BCUT2D eigenvalue weighted by molar-refractivity contribution is 5.90. The van der Waals surface area contributed by atoms with Crippen LogP contribution in [0, 0.1) is 0 Å². The van der Waals surface area contributed by atoms with Crippen molar-refractivity contribution in [2.45, 2.75) is 6.54 Å². The van der Waals surface area contributed by atoms with E-state index in [-0.39, 0.29) is 18.1 Å². The van der Waals surface area contributed by atoms with Crippen molar-refractivity contribution >= 4 is 17.6 Å². The Hall–Kier alpha value is -2.70. The van der Waals surface area contributed by atoms with Crippen molar-refractivity contribution in [3.8, 4) is 0 Å². The van der Waals surface area contributed by atoms with Crippen LogP contribution in [0.5, 0.6) is 0 Å². The normalized spacial score (nSPS) is 10.0. The second-order valence-corrected chi connectivity index (χ2v) is 3.52. The molecule has 18 heavy (non-hydrogen) atoms. The zero-order valence-corrected chi connectivity index (χ0v) is 9.28. The van der Waals surface area contributed by atoms with Crippen molar-refractivity contribution < 1.29 is 14.7 Å². The number of hydrogen-bond acceptors (Lipinski definition) is 4. The molecule has 0 bridgehead atoms. The number of hydrogen-bond donors (Lipinski definition) is 2. The molecule has 0 spiro atoms. The Balaban J connectivity index is 1.97. The number of nitrogens with zero attached hydrogens (tertiary/aromatic N) is 3. The van der Waals surface area contributed by atoms with Crippen LogP contribution >= 0.6 is 0 Å². The standard InChI is InChI=1S/C11H10N4O3/c16-10(12-8-4-2-1-3-5-8)7-15-6-9(11(17)18)13-14-15/h1-6H,7H2,(H,12,16)(H,17,18). The van der Waals surface area contributed by atoms with Gasteiger partial charge in [-0.2, -0.15) is 0 Å². The van der Waals surface area contributed by atoms with Gasteiger partial charge in [-0.1, -0.05) is 23.4 Å². The van der Waals surface area contributed by atoms with Gasteiger partial charge < -0.3 is 10.4 Å². The minimum absolute atomic E-state index is 0.0881. The molecule has 0 aliphatic rings. The minimum Gasteiger partial charge on any atom is -0.476 e. The highest BCUT2D eigenvalue weighted by Gasteiger charge is 2.10. The molecule has 0 saturated heterocycles. The summed E-state index contributed by atoms with van der Waals surface area (Å²) in [5.41, 5.74) is 0.476. The van der Waals surface area contributed by atoms with E-state index in [1.807, 2.05) is 6.07 Å². The predicted octanol–water partition coefficient (Wildman–Crippen LogP) is 0.615. The van der Waals surface area contributed by atoms with E-state index in [0.29, 0.717) is 5.69 Å². The molecule has 1 aromatic heterocycles. The van der Waals surface area contributed by atoms with E-state index in [1.165, 1.54) is 10.9 Å². The molecule has 0 atom stereocenters. The molecule has 0 unspecified atom stereocenters. The number of nitrogens with one attached hydrogen (secondary N) is 1. The van der Waals surface area contributed by atoms with Crippen LogP contribution in [0.1, 0.15) is 10.5 Å². The molecule has 0 saturated carbocycles. The summed E-state index contributed by atoms with van der Waals surface area (Å²) in [7, 11) is 0. The lowest BCUT2D eigenvalue weighted by atomic mass is 10.3. The quantitative estimate of drug-likeness (QED) is 0.824. The Morgan fingerprint density at radius 2 is 2.00 bits per heavy atom. The van der Waals surface area contributed by atoms with Gasteiger partial charge in [-0.05, 0) is 12.1 Å². The Morgan fingerprint density at radius 3 is 2.61 bits per heavy atom. The lowest BCUT2D eigenvalue weighted by Crippen LogP contribution is -2.19. The average molecular weight is 246 g/mol. The summed E-state index contributed by atoms with van der Waals surface area (Å²) in [5.74, 6) is -1.48. The number of aromatic nitrogens is 3. The van der Waals surface area contributed by atoms with Crippen LogP contribution in [0.3, 0.4) is 0 Å². The summed E-state index contributed by atoms with van der Waals surface area (Å²) >= 11 is 0. The van der Waals surface area contributed by atoms with Crippen molar-refractivity contribution in [2.24, 2.45) is 0 Å². The Bertz CT molecular complexity index is 565.